The number of amides is 1. The normalized spacial score (nSPS) is 18.2. The molecule has 2 aromatic rings. The number of ether oxygens (including phenoxy) is 1. The highest BCUT2D eigenvalue weighted by molar-refractivity contribution is 7.22. The quantitative estimate of drug-likeness (QED) is 0.932. The number of carbonyl (C=O) groups is 1. The van der Waals surface area contributed by atoms with Crippen LogP contribution in [0, 0.1) is 5.82 Å². The highest BCUT2D eigenvalue weighted by atomic mass is 32.1. The van der Waals surface area contributed by atoms with Crippen LogP contribution in [0.5, 0.6) is 0 Å². The first-order chi connectivity index (χ1) is 11.1. The van der Waals surface area contributed by atoms with E-state index in [1.54, 1.807) is 13.2 Å². The van der Waals surface area contributed by atoms with Gasteiger partial charge in [0, 0.05) is 20.2 Å². The first-order valence-corrected chi connectivity index (χ1v) is 8.52. The molecule has 0 bridgehead atoms. The van der Waals surface area contributed by atoms with Crippen molar-refractivity contribution in [3.05, 3.63) is 24.0 Å². The Morgan fingerprint density at radius 1 is 1.48 bits per heavy atom. The topological polar surface area (TPSA) is 54.5 Å². The molecule has 1 aliphatic heterocycles. The molecule has 1 saturated heterocycles. The van der Waals surface area contributed by atoms with Crippen molar-refractivity contribution in [1.29, 1.82) is 0 Å². The van der Waals surface area contributed by atoms with Crippen molar-refractivity contribution in [3.8, 4) is 0 Å². The van der Waals surface area contributed by atoms with Gasteiger partial charge in [-0.15, -0.1) is 0 Å². The standard InChI is InChI=1S/C16H20FN3O2S/c1-10(20-7-5-12(22-2)6-8-20)15(21)19-16-18-13-4-3-11(17)9-14(13)23-16/h3-4,9-10,12H,5-8H2,1-2H3,(H,18,19,21)/t10-/m0/s1. The summed E-state index contributed by atoms with van der Waals surface area (Å²) in [6.07, 6.45) is 2.17. The second kappa shape index (κ2) is 6.90. The number of nitrogens with one attached hydrogen (secondary N) is 1. The molecule has 0 spiro atoms. The van der Waals surface area contributed by atoms with E-state index in [2.05, 4.69) is 15.2 Å². The highest BCUT2D eigenvalue weighted by Crippen LogP contribution is 2.27. The molecule has 0 aliphatic carbocycles. The number of likely N-dealkylation sites (tertiary alicyclic amines) is 1. The summed E-state index contributed by atoms with van der Waals surface area (Å²) in [5.74, 6) is -0.381. The van der Waals surface area contributed by atoms with Crippen LogP contribution in [-0.4, -0.2) is 48.1 Å². The Bertz CT molecular complexity index is 698. The molecule has 2 heterocycles. The number of halogens is 1. The number of anilines is 1. The summed E-state index contributed by atoms with van der Waals surface area (Å²) in [7, 11) is 1.73. The van der Waals surface area contributed by atoms with Crippen LogP contribution in [0.4, 0.5) is 9.52 Å². The van der Waals surface area contributed by atoms with E-state index in [1.807, 2.05) is 6.92 Å². The Hall–Kier alpha value is -1.57. The number of hydrogen-bond donors (Lipinski definition) is 1. The van der Waals surface area contributed by atoms with Crippen LogP contribution < -0.4 is 5.32 Å². The van der Waals surface area contributed by atoms with E-state index < -0.39 is 0 Å². The molecule has 0 saturated carbocycles. The lowest BCUT2D eigenvalue weighted by Gasteiger charge is -2.34. The van der Waals surface area contributed by atoms with Crippen molar-refractivity contribution in [2.75, 3.05) is 25.5 Å². The Balaban J connectivity index is 1.63. The van der Waals surface area contributed by atoms with E-state index in [1.165, 1.54) is 23.5 Å². The third kappa shape index (κ3) is 3.68. The van der Waals surface area contributed by atoms with Gasteiger partial charge in [-0.2, -0.15) is 0 Å². The van der Waals surface area contributed by atoms with Crippen molar-refractivity contribution in [1.82, 2.24) is 9.88 Å². The van der Waals surface area contributed by atoms with Crippen LogP contribution in [0.25, 0.3) is 10.2 Å². The fourth-order valence-corrected chi connectivity index (χ4v) is 3.72. The minimum absolute atomic E-state index is 0.0830. The monoisotopic (exact) mass is 337 g/mol. The predicted octanol–water partition coefficient (Wildman–Crippen LogP) is 2.87. The van der Waals surface area contributed by atoms with E-state index in [0.29, 0.717) is 16.8 Å². The SMILES string of the molecule is COC1CCN([C@@H](C)C(=O)Nc2nc3ccc(F)cc3s2)CC1. The summed E-state index contributed by atoms with van der Waals surface area (Å²) in [5, 5.41) is 3.35. The number of methoxy groups -OCH3 is 1. The number of rotatable bonds is 4. The van der Waals surface area contributed by atoms with E-state index in [0.717, 1.165) is 30.6 Å². The second-order valence-electron chi connectivity index (χ2n) is 5.77. The van der Waals surface area contributed by atoms with Crippen molar-refractivity contribution < 1.29 is 13.9 Å². The van der Waals surface area contributed by atoms with Gasteiger partial charge in [-0.25, -0.2) is 9.37 Å². The molecule has 0 unspecified atom stereocenters. The molecule has 23 heavy (non-hydrogen) atoms. The number of aromatic nitrogens is 1. The van der Waals surface area contributed by atoms with Crippen molar-refractivity contribution >= 4 is 32.6 Å². The van der Waals surface area contributed by atoms with Crippen molar-refractivity contribution in [2.24, 2.45) is 0 Å². The lowest BCUT2D eigenvalue weighted by molar-refractivity contribution is -0.121. The van der Waals surface area contributed by atoms with Gasteiger partial charge in [-0.1, -0.05) is 11.3 Å². The van der Waals surface area contributed by atoms with Crippen molar-refractivity contribution in [3.63, 3.8) is 0 Å². The lowest BCUT2D eigenvalue weighted by Crippen LogP contribution is -2.47. The van der Waals surface area contributed by atoms with Gasteiger partial charge in [0.2, 0.25) is 5.91 Å². The van der Waals surface area contributed by atoms with Crippen molar-refractivity contribution in [2.45, 2.75) is 31.9 Å². The maximum Gasteiger partial charge on any atom is 0.243 e. The average Bonchev–Trinajstić information content (AvgIpc) is 2.95. The third-order valence-corrected chi connectivity index (χ3v) is 5.25. The third-order valence-electron chi connectivity index (χ3n) is 4.32. The molecule has 0 radical (unpaired) electrons. The highest BCUT2D eigenvalue weighted by Gasteiger charge is 2.27. The number of fused-ring (bicyclic) bond motifs is 1. The van der Waals surface area contributed by atoms with Gasteiger partial charge in [0.05, 0.1) is 22.4 Å². The molecular formula is C16H20FN3O2S. The minimum atomic E-state index is -0.298. The summed E-state index contributed by atoms with van der Waals surface area (Å²) in [4.78, 5) is 18.9. The van der Waals surface area contributed by atoms with Gasteiger partial charge < -0.3 is 10.1 Å². The predicted molar refractivity (Wildman–Crippen MR) is 89.3 cm³/mol. The van der Waals surface area contributed by atoms with Crippen LogP contribution in [0.3, 0.4) is 0 Å². The number of nitrogens with zero attached hydrogens (tertiary/aromatic N) is 2. The number of hydrogen-bond acceptors (Lipinski definition) is 5. The zero-order chi connectivity index (χ0) is 16.4. The Kier molecular flexibility index (Phi) is 4.89. The summed E-state index contributed by atoms with van der Waals surface area (Å²) in [6, 6.07) is 4.20. The van der Waals surface area contributed by atoms with E-state index >= 15 is 0 Å². The molecular weight excluding hydrogens is 317 g/mol. The van der Waals surface area contributed by atoms with Crippen LogP contribution in [0.1, 0.15) is 19.8 Å². The van der Waals surface area contributed by atoms with Gasteiger partial charge in [-0.05, 0) is 38.0 Å². The smallest absolute Gasteiger partial charge is 0.243 e. The van der Waals surface area contributed by atoms with Gasteiger partial charge >= 0.3 is 0 Å². The molecule has 1 aromatic carbocycles. The molecule has 1 aliphatic rings. The molecule has 1 aromatic heterocycles. The first-order valence-electron chi connectivity index (χ1n) is 7.70. The van der Waals surface area contributed by atoms with Gasteiger partial charge in [-0.3, -0.25) is 9.69 Å². The lowest BCUT2D eigenvalue weighted by atomic mass is 10.1. The molecule has 3 rings (SSSR count). The Morgan fingerprint density at radius 3 is 2.91 bits per heavy atom. The maximum absolute atomic E-state index is 13.2. The number of piperidine rings is 1. The number of thiazole rings is 1. The van der Waals surface area contributed by atoms with E-state index in [-0.39, 0.29) is 17.8 Å². The Labute approximate surface area is 138 Å². The average molecular weight is 337 g/mol. The zero-order valence-electron chi connectivity index (χ0n) is 13.2. The number of benzene rings is 1. The van der Waals surface area contributed by atoms with Crippen LogP contribution in [0.2, 0.25) is 0 Å². The van der Waals surface area contributed by atoms with Crippen LogP contribution in [0.15, 0.2) is 18.2 Å². The van der Waals surface area contributed by atoms with E-state index in [9.17, 15) is 9.18 Å². The Morgan fingerprint density at radius 2 is 2.22 bits per heavy atom. The second-order valence-corrected chi connectivity index (χ2v) is 6.80. The van der Waals surface area contributed by atoms with Crippen LogP contribution in [-0.2, 0) is 9.53 Å². The molecule has 5 nitrogen and oxygen atoms in total. The maximum atomic E-state index is 13.2. The summed E-state index contributed by atoms with van der Waals surface area (Å²) < 4.78 is 19.3. The van der Waals surface area contributed by atoms with Gasteiger partial charge in [0.15, 0.2) is 5.13 Å². The molecule has 1 N–H and O–H groups in total. The molecule has 124 valence electrons. The van der Waals surface area contributed by atoms with Crippen LogP contribution >= 0.6 is 11.3 Å². The first kappa shape index (κ1) is 16.3. The fourth-order valence-electron chi connectivity index (χ4n) is 2.83. The summed E-state index contributed by atoms with van der Waals surface area (Å²) in [5.41, 5.74) is 0.695. The summed E-state index contributed by atoms with van der Waals surface area (Å²) in [6.45, 7) is 3.59. The molecule has 1 atom stereocenters. The number of carbonyl (C=O) groups excluding carboxylic acids is 1. The zero-order valence-corrected chi connectivity index (χ0v) is 14.0. The summed E-state index contributed by atoms with van der Waals surface area (Å²) >= 11 is 1.29. The minimum Gasteiger partial charge on any atom is -0.381 e. The molecule has 7 heteroatoms. The largest absolute Gasteiger partial charge is 0.381 e. The fraction of sp³-hybridized carbons (Fsp3) is 0.500. The molecule has 1 fully saturated rings. The van der Waals surface area contributed by atoms with Gasteiger partial charge in [0.25, 0.3) is 0 Å². The van der Waals surface area contributed by atoms with Gasteiger partial charge in [0.1, 0.15) is 5.82 Å². The molecule has 1 amide bonds. The van der Waals surface area contributed by atoms with E-state index in [4.69, 9.17) is 4.74 Å².